The SMILES string of the molecule is CCCC.O=[P+](O)OC=C=NC1CCCCC1. The first kappa shape index (κ1) is 16.3. The van der Waals surface area contributed by atoms with Crippen molar-refractivity contribution in [3.63, 3.8) is 0 Å². The molecule has 1 saturated carbocycles. The van der Waals surface area contributed by atoms with Crippen molar-refractivity contribution < 1.29 is 14.0 Å². The largest absolute Gasteiger partial charge is 0.747 e. The summed E-state index contributed by atoms with van der Waals surface area (Å²) in [5.74, 6) is 2.52. The first-order valence-electron chi connectivity index (χ1n) is 6.30. The number of hydrogen-bond acceptors (Lipinski definition) is 3. The average Bonchev–Trinajstić information content (AvgIpc) is 2.36. The lowest BCUT2D eigenvalue weighted by Gasteiger charge is -2.15. The van der Waals surface area contributed by atoms with Gasteiger partial charge in [-0.3, -0.25) is 0 Å². The van der Waals surface area contributed by atoms with Crippen LogP contribution in [0.3, 0.4) is 0 Å². The quantitative estimate of drug-likeness (QED) is 0.472. The molecule has 1 fully saturated rings. The maximum atomic E-state index is 10.1. The van der Waals surface area contributed by atoms with E-state index in [9.17, 15) is 4.57 Å². The predicted octanol–water partition coefficient (Wildman–Crippen LogP) is 3.98. The van der Waals surface area contributed by atoms with Crippen LogP contribution >= 0.6 is 8.25 Å². The van der Waals surface area contributed by atoms with E-state index in [1.807, 2.05) is 0 Å². The molecular weight excluding hydrogens is 237 g/mol. The molecule has 0 bridgehead atoms. The molecule has 0 spiro atoms. The Bertz CT molecular complexity index is 254. The van der Waals surface area contributed by atoms with E-state index in [2.05, 4.69) is 29.2 Å². The highest BCUT2D eigenvalue weighted by atomic mass is 31.1. The fourth-order valence-corrected chi connectivity index (χ4v) is 1.55. The monoisotopic (exact) mass is 260 g/mol. The van der Waals surface area contributed by atoms with Crippen molar-refractivity contribution in [3.8, 4) is 0 Å². The molecule has 0 amide bonds. The smallest absolute Gasteiger partial charge is 0.237 e. The lowest BCUT2D eigenvalue weighted by Crippen LogP contribution is -2.08. The number of aliphatic imine (C=N–C) groups is 1. The molecule has 1 aliphatic carbocycles. The molecule has 1 N–H and O–H groups in total. The third-order valence-corrected chi connectivity index (χ3v) is 2.81. The molecule has 0 heterocycles. The molecule has 0 radical (unpaired) electrons. The summed E-state index contributed by atoms with van der Waals surface area (Å²) >= 11 is 0. The fraction of sp³-hybridized carbons (Fsp3) is 0.833. The van der Waals surface area contributed by atoms with E-state index in [0.717, 1.165) is 19.1 Å². The van der Waals surface area contributed by atoms with Crippen molar-refractivity contribution in [2.45, 2.75) is 64.8 Å². The van der Waals surface area contributed by atoms with Gasteiger partial charge in [0.05, 0.1) is 6.04 Å². The Labute approximate surface area is 105 Å². The van der Waals surface area contributed by atoms with Crippen LogP contribution in [0.5, 0.6) is 0 Å². The second-order valence-corrected chi connectivity index (χ2v) is 4.70. The fourth-order valence-electron chi connectivity index (χ4n) is 1.41. The van der Waals surface area contributed by atoms with Gasteiger partial charge in [0.1, 0.15) is 0 Å². The molecule has 0 aromatic rings. The third kappa shape index (κ3) is 11.6. The van der Waals surface area contributed by atoms with Gasteiger partial charge in [0.25, 0.3) is 0 Å². The van der Waals surface area contributed by atoms with Gasteiger partial charge in [-0.2, -0.15) is 0 Å². The molecule has 1 atom stereocenters. The lowest BCUT2D eigenvalue weighted by molar-refractivity contribution is 0.380. The minimum atomic E-state index is -2.56. The van der Waals surface area contributed by atoms with Crippen molar-refractivity contribution >= 4 is 14.1 Å². The van der Waals surface area contributed by atoms with Crippen molar-refractivity contribution in [2.24, 2.45) is 4.99 Å². The van der Waals surface area contributed by atoms with Gasteiger partial charge < -0.3 is 0 Å². The summed E-state index contributed by atoms with van der Waals surface area (Å²) in [6, 6.07) is 0.324. The van der Waals surface area contributed by atoms with E-state index in [1.54, 1.807) is 0 Å². The summed E-state index contributed by atoms with van der Waals surface area (Å²) in [6.07, 6.45) is 9.58. The summed E-state index contributed by atoms with van der Waals surface area (Å²) < 4.78 is 14.3. The van der Waals surface area contributed by atoms with Gasteiger partial charge in [0.2, 0.25) is 6.26 Å². The summed E-state index contributed by atoms with van der Waals surface area (Å²) in [6.45, 7) is 4.36. The van der Waals surface area contributed by atoms with Crippen molar-refractivity contribution in [1.29, 1.82) is 0 Å². The first-order chi connectivity index (χ1) is 8.20. The highest BCUT2D eigenvalue weighted by molar-refractivity contribution is 7.32. The van der Waals surface area contributed by atoms with Crippen LogP contribution in [0.1, 0.15) is 58.8 Å². The zero-order chi connectivity index (χ0) is 12.9. The van der Waals surface area contributed by atoms with Gasteiger partial charge in [0.15, 0.2) is 0 Å². The summed E-state index contributed by atoms with van der Waals surface area (Å²) in [4.78, 5) is 12.3. The zero-order valence-electron chi connectivity index (χ0n) is 10.8. The summed E-state index contributed by atoms with van der Waals surface area (Å²) in [5.41, 5.74) is 0. The molecule has 1 unspecified atom stereocenters. The number of hydrogen-bond donors (Lipinski definition) is 1. The molecule has 1 aliphatic rings. The van der Waals surface area contributed by atoms with E-state index in [0.29, 0.717) is 6.04 Å². The van der Waals surface area contributed by atoms with Gasteiger partial charge >= 0.3 is 8.25 Å². The van der Waals surface area contributed by atoms with E-state index in [-0.39, 0.29) is 0 Å². The third-order valence-electron chi connectivity index (χ3n) is 2.53. The molecule has 0 aromatic heterocycles. The van der Waals surface area contributed by atoms with Crippen LogP contribution in [-0.4, -0.2) is 16.8 Å². The Kier molecular flexibility index (Phi) is 11.3. The lowest BCUT2D eigenvalue weighted by atomic mass is 9.96. The average molecular weight is 260 g/mol. The minimum absolute atomic E-state index is 0.324. The van der Waals surface area contributed by atoms with Crippen LogP contribution in [0, 0.1) is 0 Å². The normalized spacial score (nSPS) is 16.1. The summed E-state index contributed by atoms with van der Waals surface area (Å²) in [7, 11) is -2.56. The molecule has 5 heteroatoms. The molecule has 0 saturated heterocycles. The Morgan fingerprint density at radius 1 is 1.35 bits per heavy atom. The molecular formula is C12H23NO3P+. The molecule has 17 heavy (non-hydrogen) atoms. The topological polar surface area (TPSA) is 58.9 Å². The van der Waals surface area contributed by atoms with Gasteiger partial charge in [0, 0.05) is 10.4 Å². The predicted molar refractivity (Wildman–Crippen MR) is 70.4 cm³/mol. The second kappa shape index (κ2) is 11.8. The van der Waals surface area contributed by atoms with Gasteiger partial charge in [-0.15, -0.1) is 4.89 Å². The maximum absolute atomic E-state index is 10.1. The Hall–Kier alpha value is -0.690. The van der Waals surface area contributed by atoms with E-state index in [1.165, 1.54) is 32.1 Å². The number of unbranched alkanes of at least 4 members (excludes halogenated alkanes) is 1. The molecule has 0 aliphatic heterocycles. The summed E-state index contributed by atoms with van der Waals surface area (Å²) in [5, 5.41) is 0. The van der Waals surface area contributed by atoms with E-state index >= 15 is 0 Å². The van der Waals surface area contributed by atoms with Crippen LogP contribution in [0.15, 0.2) is 11.3 Å². The van der Waals surface area contributed by atoms with Crippen LogP contribution in [-0.2, 0) is 9.09 Å². The van der Waals surface area contributed by atoms with Crippen LogP contribution < -0.4 is 0 Å². The van der Waals surface area contributed by atoms with E-state index < -0.39 is 8.25 Å². The molecule has 0 aromatic carbocycles. The number of nitrogens with zero attached hydrogens (tertiary/aromatic N) is 1. The molecule has 4 nitrogen and oxygen atoms in total. The second-order valence-electron chi connectivity index (χ2n) is 4.01. The minimum Gasteiger partial charge on any atom is -0.237 e. The first-order valence-corrected chi connectivity index (χ1v) is 7.43. The van der Waals surface area contributed by atoms with Crippen molar-refractivity contribution in [3.05, 3.63) is 6.26 Å². The Morgan fingerprint density at radius 2 is 1.94 bits per heavy atom. The molecule has 1 rings (SSSR count). The van der Waals surface area contributed by atoms with E-state index in [4.69, 9.17) is 4.89 Å². The van der Waals surface area contributed by atoms with Gasteiger partial charge in [-0.05, 0) is 12.8 Å². The van der Waals surface area contributed by atoms with Crippen LogP contribution in [0.25, 0.3) is 0 Å². The zero-order valence-corrected chi connectivity index (χ0v) is 11.7. The van der Waals surface area contributed by atoms with Gasteiger partial charge in [-0.1, -0.05) is 46.0 Å². The number of rotatable bonds is 4. The standard InChI is InChI=1S/C8H12NO3P.C4H10/c10-13(11)12-7-6-9-8-4-2-1-3-5-8;1-3-4-2/h7-8H,1-5H2;3-4H2,1-2H3/p+1. The Morgan fingerprint density at radius 3 is 2.41 bits per heavy atom. The molecule has 98 valence electrons. The highest BCUT2D eigenvalue weighted by Gasteiger charge is 2.11. The van der Waals surface area contributed by atoms with Crippen LogP contribution in [0.4, 0.5) is 0 Å². The van der Waals surface area contributed by atoms with Crippen molar-refractivity contribution in [2.75, 3.05) is 0 Å². The maximum Gasteiger partial charge on any atom is 0.747 e. The van der Waals surface area contributed by atoms with Crippen LogP contribution in [0.2, 0.25) is 0 Å². The van der Waals surface area contributed by atoms with Crippen molar-refractivity contribution in [1.82, 2.24) is 0 Å². The van der Waals surface area contributed by atoms with Gasteiger partial charge in [-0.25, -0.2) is 9.52 Å². The highest BCUT2D eigenvalue weighted by Crippen LogP contribution is 2.19. The Balaban J connectivity index is 0.000000557.